The predicted octanol–water partition coefficient (Wildman–Crippen LogP) is 3.87. The first-order chi connectivity index (χ1) is 13.8. The first kappa shape index (κ1) is 20.7. The van der Waals surface area contributed by atoms with Crippen LogP contribution in [0.15, 0.2) is 41.3 Å². The summed E-state index contributed by atoms with van der Waals surface area (Å²) in [5.41, 5.74) is 0.774. The van der Waals surface area contributed by atoms with Gasteiger partial charge in [-0.3, -0.25) is 19.3 Å². The number of amides is 3. The van der Waals surface area contributed by atoms with E-state index in [2.05, 4.69) is 5.32 Å². The number of nitrogens with zero attached hydrogens (tertiary/aromatic N) is 1. The molecule has 2 aromatic carbocycles. The second-order valence-electron chi connectivity index (χ2n) is 5.88. The number of benzene rings is 2. The molecule has 0 saturated carbocycles. The fourth-order valence-corrected chi connectivity index (χ4v) is 3.56. The molecule has 1 aliphatic rings. The fourth-order valence-electron chi connectivity index (χ4n) is 2.50. The van der Waals surface area contributed by atoms with Crippen molar-refractivity contribution in [3.05, 3.63) is 57.7 Å². The maximum absolute atomic E-state index is 12.9. The van der Waals surface area contributed by atoms with Gasteiger partial charge in [0.2, 0.25) is 5.91 Å². The summed E-state index contributed by atoms with van der Waals surface area (Å²) in [6.45, 7) is -0.487. The van der Waals surface area contributed by atoms with Gasteiger partial charge in [-0.15, -0.1) is 0 Å². The molecule has 1 fully saturated rings. The highest BCUT2D eigenvalue weighted by molar-refractivity contribution is 8.18. The average molecular weight is 437 g/mol. The molecule has 150 valence electrons. The van der Waals surface area contributed by atoms with Crippen LogP contribution < -0.4 is 10.1 Å². The van der Waals surface area contributed by atoms with Crippen LogP contribution in [0.1, 0.15) is 5.56 Å². The highest BCUT2D eigenvalue weighted by atomic mass is 35.5. The largest absolute Gasteiger partial charge is 0.503 e. The Kier molecular flexibility index (Phi) is 6.09. The molecule has 1 aliphatic heterocycles. The number of nitrogens with one attached hydrogen (secondary N) is 1. The van der Waals surface area contributed by atoms with Crippen molar-refractivity contribution >= 4 is 52.2 Å². The van der Waals surface area contributed by atoms with Crippen molar-refractivity contribution in [3.63, 3.8) is 0 Å². The zero-order valence-corrected chi connectivity index (χ0v) is 16.5. The van der Waals surface area contributed by atoms with Gasteiger partial charge < -0.3 is 15.2 Å². The van der Waals surface area contributed by atoms with E-state index in [1.165, 1.54) is 49.6 Å². The quantitative estimate of drug-likeness (QED) is 0.691. The van der Waals surface area contributed by atoms with Crippen molar-refractivity contribution in [1.29, 1.82) is 0 Å². The molecule has 3 amide bonds. The van der Waals surface area contributed by atoms with Crippen LogP contribution in [0.5, 0.6) is 11.5 Å². The van der Waals surface area contributed by atoms with E-state index < -0.39 is 29.4 Å². The van der Waals surface area contributed by atoms with E-state index in [-0.39, 0.29) is 21.4 Å². The Labute approximate surface area is 174 Å². The molecule has 0 spiro atoms. The molecular weight excluding hydrogens is 423 g/mol. The van der Waals surface area contributed by atoms with E-state index in [4.69, 9.17) is 16.3 Å². The second-order valence-corrected chi connectivity index (χ2v) is 7.28. The number of aromatic hydroxyl groups is 1. The third-order valence-corrected chi connectivity index (χ3v) is 5.07. The molecule has 1 heterocycles. The van der Waals surface area contributed by atoms with Gasteiger partial charge >= 0.3 is 0 Å². The highest BCUT2D eigenvalue weighted by Gasteiger charge is 2.36. The van der Waals surface area contributed by atoms with Crippen molar-refractivity contribution < 1.29 is 28.6 Å². The molecule has 0 atom stereocenters. The molecule has 29 heavy (non-hydrogen) atoms. The molecular formula is C19H14ClFN2O5S. The second kappa shape index (κ2) is 8.54. The summed E-state index contributed by atoms with van der Waals surface area (Å²) in [6, 6.07) is 7.95. The summed E-state index contributed by atoms with van der Waals surface area (Å²) in [5, 5.41) is 11.7. The Morgan fingerprint density at radius 1 is 1.31 bits per heavy atom. The molecule has 7 nitrogen and oxygen atoms in total. The summed E-state index contributed by atoms with van der Waals surface area (Å²) in [7, 11) is 1.35. The van der Waals surface area contributed by atoms with E-state index in [9.17, 15) is 23.9 Å². The van der Waals surface area contributed by atoms with Crippen LogP contribution in [-0.2, 0) is 9.59 Å². The monoisotopic (exact) mass is 436 g/mol. The number of carbonyl (C=O) groups is 3. The number of ether oxygens (including phenoxy) is 1. The van der Waals surface area contributed by atoms with Gasteiger partial charge in [0.1, 0.15) is 12.4 Å². The Morgan fingerprint density at radius 3 is 2.66 bits per heavy atom. The number of hydrogen-bond acceptors (Lipinski definition) is 6. The molecule has 0 bridgehead atoms. The van der Waals surface area contributed by atoms with Crippen molar-refractivity contribution in [2.45, 2.75) is 0 Å². The molecule has 2 aromatic rings. The van der Waals surface area contributed by atoms with E-state index in [0.717, 1.165) is 4.90 Å². The minimum absolute atomic E-state index is 0.0218. The minimum atomic E-state index is -0.641. The number of anilines is 1. The third kappa shape index (κ3) is 4.69. The zero-order valence-electron chi connectivity index (χ0n) is 14.9. The smallest absolute Gasteiger partial charge is 0.294 e. The van der Waals surface area contributed by atoms with E-state index in [1.807, 2.05) is 0 Å². The SMILES string of the molecule is COc1cc(/C=C2\SC(=O)N(CC(=O)Nc3ccc(F)cc3)C2=O)cc(Cl)c1O. The Hall–Kier alpha value is -3.04. The summed E-state index contributed by atoms with van der Waals surface area (Å²) >= 11 is 6.60. The number of thioether (sulfide) groups is 1. The van der Waals surface area contributed by atoms with Gasteiger partial charge in [-0.05, 0) is 59.8 Å². The lowest BCUT2D eigenvalue weighted by Gasteiger charge is -2.12. The Balaban J connectivity index is 1.74. The van der Waals surface area contributed by atoms with Gasteiger partial charge in [0, 0.05) is 5.69 Å². The topological polar surface area (TPSA) is 95.9 Å². The lowest BCUT2D eigenvalue weighted by Crippen LogP contribution is -2.36. The number of imide groups is 1. The Morgan fingerprint density at radius 2 is 2.00 bits per heavy atom. The molecule has 0 unspecified atom stereocenters. The summed E-state index contributed by atoms with van der Waals surface area (Å²) in [5.74, 6) is -1.82. The minimum Gasteiger partial charge on any atom is -0.503 e. The lowest BCUT2D eigenvalue weighted by atomic mass is 10.2. The van der Waals surface area contributed by atoms with Crippen molar-refractivity contribution in [2.75, 3.05) is 19.0 Å². The van der Waals surface area contributed by atoms with Crippen molar-refractivity contribution in [1.82, 2.24) is 4.90 Å². The van der Waals surface area contributed by atoms with Gasteiger partial charge in [-0.1, -0.05) is 11.6 Å². The molecule has 10 heteroatoms. The van der Waals surface area contributed by atoms with Crippen molar-refractivity contribution in [2.24, 2.45) is 0 Å². The van der Waals surface area contributed by atoms with Crippen LogP contribution >= 0.6 is 23.4 Å². The first-order valence-electron chi connectivity index (χ1n) is 8.15. The van der Waals surface area contributed by atoms with E-state index in [1.54, 1.807) is 0 Å². The van der Waals surface area contributed by atoms with Crippen LogP contribution in [-0.4, -0.2) is 40.7 Å². The molecule has 0 aliphatic carbocycles. The average Bonchev–Trinajstić information content (AvgIpc) is 2.93. The third-order valence-electron chi connectivity index (χ3n) is 3.87. The number of hydrogen-bond donors (Lipinski definition) is 2. The molecule has 2 N–H and O–H groups in total. The molecule has 1 saturated heterocycles. The van der Waals surface area contributed by atoms with Crippen LogP contribution in [0.3, 0.4) is 0 Å². The summed E-state index contributed by atoms with van der Waals surface area (Å²) < 4.78 is 17.9. The number of methoxy groups -OCH3 is 1. The predicted molar refractivity (Wildman–Crippen MR) is 107 cm³/mol. The molecule has 3 rings (SSSR count). The number of carbonyl (C=O) groups excluding carboxylic acids is 3. The summed E-state index contributed by atoms with van der Waals surface area (Å²) in [6.07, 6.45) is 1.41. The van der Waals surface area contributed by atoms with Crippen LogP contribution in [0, 0.1) is 5.82 Å². The van der Waals surface area contributed by atoms with Gasteiger partial charge in [0.25, 0.3) is 11.1 Å². The fraction of sp³-hybridized carbons (Fsp3) is 0.105. The standard InChI is InChI=1S/C19H14ClFN2O5S/c1-28-14-7-10(6-13(20)17(14)25)8-15-18(26)23(19(27)29-15)9-16(24)22-12-4-2-11(21)3-5-12/h2-8,25H,9H2,1H3,(H,22,24)/b15-8-. The number of phenols is 1. The van der Waals surface area contributed by atoms with Gasteiger partial charge in [0.15, 0.2) is 11.5 Å². The lowest BCUT2D eigenvalue weighted by molar-refractivity contribution is -0.127. The number of phenolic OH excluding ortho intramolecular Hbond substituents is 1. The highest BCUT2D eigenvalue weighted by Crippen LogP contribution is 2.37. The van der Waals surface area contributed by atoms with Gasteiger partial charge in [0.05, 0.1) is 17.0 Å². The van der Waals surface area contributed by atoms with Crippen LogP contribution in [0.2, 0.25) is 5.02 Å². The molecule has 0 aromatic heterocycles. The maximum atomic E-state index is 12.9. The Bertz CT molecular complexity index is 1030. The normalized spacial score (nSPS) is 15.1. The number of halogens is 2. The van der Waals surface area contributed by atoms with Crippen LogP contribution in [0.4, 0.5) is 14.9 Å². The van der Waals surface area contributed by atoms with E-state index in [0.29, 0.717) is 23.0 Å². The zero-order chi connectivity index (χ0) is 21.1. The van der Waals surface area contributed by atoms with E-state index >= 15 is 0 Å². The van der Waals surface area contributed by atoms with Gasteiger partial charge in [-0.2, -0.15) is 0 Å². The number of rotatable bonds is 5. The maximum Gasteiger partial charge on any atom is 0.294 e. The van der Waals surface area contributed by atoms with Gasteiger partial charge in [-0.25, -0.2) is 4.39 Å². The molecule has 0 radical (unpaired) electrons. The van der Waals surface area contributed by atoms with Crippen LogP contribution in [0.25, 0.3) is 6.08 Å². The first-order valence-corrected chi connectivity index (χ1v) is 9.35. The van der Waals surface area contributed by atoms with Crippen molar-refractivity contribution in [3.8, 4) is 11.5 Å². The summed E-state index contributed by atoms with van der Waals surface area (Å²) in [4.78, 5) is 37.7.